The van der Waals surface area contributed by atoms with E-state index in [-0.39, 0.29) is 0 Å². The Kier molecular flexibility index (Phi) is 4.05. The zero-order valence-electron chi connectivity index (χ0n) is 11.1. The molecule has 1 saturated carbocycles. The molecule has 1 aliphatic rings. The number of rotatable bonds is 7. The molecule has 1 aromatic heterocycles. The van der Waals surface area contributed by atoms with Gasteiger partial charge in [-0.2, -0.15) is 5.10 Å². The molecule has 4 heteroatoms. The molecule has 0 aliphatic heterocycles. The summed E-state index contributed by atoms with van der Waals surface area (Å²) in [5, 5.41) is 8.04. The first-order valence-electron chi connectivity index (χ1n) is 6.64. The van der Waals surface area contributed by atoms with Crippen LogP contribution in [0.15, 0.2) is 6.20 Å². The fraction of sp³-hybridized carbons (Fsp3) is 0.769. The minimum Gasteiger partial charge on any atom is -0.493 e. The Balaban J connectivity index is 2.23. The molecular weight excluding hydrogens is 214 g/mol. The topological polar surface area (TPSA) is 39.1 Å². The van der Waals surface area contributed by atoms with E-state index in [2.05, 4.69) is 28.9 Å². The summed E-state index contributed by atoms with van der Waals surface area (Å²) in [6, 6.07) is 0.410. The molecule has 1 N–H and O–H groups in total. The summed E-state index contributed by atoms with van der Waals surface area (Å²) in [7, 11) is 1.73. The second-order valence-electron chi connectivity index (χ2n) is 4.68. The Morgan fingerprint density at radius 2 is 2.29 bits per heavy atom. The van der Waals surface area contributed by atoms with Crippen LogP contribution in [0.5, 0.6) is 5.75 Å². The van der Waals surface area contributed by atoms with Crippen molar-refractivity contribution in [2.75, 3.05) is 13.7 Å². The third kappa shape index (κ3) is 2.63. The lowest BCUT2D eigenvalue weighted by Crippen LogP contribution is -2.26. The molecule has 1 fully saturated rings. The van der Waals surface area contributed by atoms with Crippen molar-refractivity contribution in [3.8, 4) is 5.75 Å². The summed E-state index contributed by atoms with van der Waals surface area (Å²) in [6.07, 6.45) is 5.63. The van der Waals surface area contributed by atoms with Crippen molar-refractivity contribution in [3.63, 3.8) is 0 Å². The molecule has 1 heterocycles. The second-order valence-corrected chi connectivity index (χ2v) is 4.68. The molecule has 1 aliphatic carbocycles. The number of hydrogen-bond acceptors (Lipinski definition) is 3. The zero-order chi connectivity index (χ0) is 12.3. The molecular formula is C13H23N3O. The van der Waals surface area contributed by atoms with Crippen molar-refractivity contribution >= 4 is 0 Å². The minimum atomic E-state index is 0.410. The van der Waals surface area contributed by atoms with Gasteiger partial charge in [-0.15, -0.1) is 0 Å². The van der Waals surface area contributed by atoms with E-state index in [9.17, 15) is 0 Å². The largest absolute Gasteiger partial charge is 0.493 e. The molecule has 0 amide bonds. The first-order chi connectivity index (χ1) is 8.31. The molecule has 96 valence electrons. The molecule has 0 bridgehead atoms. The molecule has 0 spiro atoms. The number of aryl methyl sites for hydroxylation is 1. The lowest BCUT2D eigenvalue weighted by Gasteiger charge is -2.20. The van der Waals surface area contributed by atoms with Crippen LogP contribution in [0.1, 0.15) is 44.8 Å². The van der Waals surface area contributed by atoms with Gasteiger partial charge in [-0.1, -0.05) is 6.92 Å². The maximum Gasteiger partial charge on any atom is 0.161 e. The van der Waals surface area contributed by atoms with Crippen LogP contribution in [0, 0.1) is 5.92 Å². The summed E-state index contributed by atoms with van der Waals surface area (Å²) in [4.78, 5) is 0. The van der Waals surface area contributed by atoms with Crippen molar-refractivity contribution in [2.45, 2.75) is 45.7 Å². The molecule has 17 heavy (non-hydrogen) atoms. The van der Waals surface area contributed by atoms with Gasteiger partial charge in [0.15, 0.2) is 5.75 Å². The fourth-order valence-electron chi connectivity index (χ4n) is 2.32. The Morgan fingerprint density at radius 1 is 1.53 bits per heavy atom. The van der Waals surface area contributed by atoms with Gasteiger partial charge in [-0.25, -0.2) is 0 Å². The van der Waals surface area contributed by atoms with Gasteiger partial charge in [-0.3, -0.25) is 4.68 Å². The summed E-state index contributed by atoms with van der Waals surface area (Å²) in [6.45, 7) is 6.28. The standard InChI is InChI=1S/C13H23N3O/c1-4-8-14-12(10-6-7-10)13-11(17-3)9-15-16(13)5-2/h9-10,12,14H,4-8H2,1-3H3. The van der Waals surface area contributed by atoms with Gasteiger partial charge in [0.1, 0.15) is 0 Å². The monoisotopic (exact) mass is 237 g/mol. The zero-order valence-corrected chi connectivity index (χ0v) is 11.1. The van der Waals surface area contributed by atoms with E-state index in [1.165, 1.54) is 18.5 Å². The predicted octanol–water partition coefficient (Wildman–Crippen LogP) is 2.36. The van der Waals surface area contributed by atoms with E-state index >= 15 is 0 Å². The number of methoxy groups -OCH3 is 1. The van der Waals surface area contributed by atoms with Gasteiger partial charge in [-0.05, 0) is 38.6 Å². The van der Waals surface area contributed by atoms with Crippen LogP contribution < -0.4 is 10.1 Å². The third-order valence-electron chi connectivity index (χ3n) is 3.37. The normalized spacial score (nSPS) is 17.1. The Labute approximate surface area is 103 Å². The number of aromatic nitrogens is 2. The van der Waals surface area contributed by atoms with E-state index in [1.54, 1.807) is 7.11 Å². The summed E-state index contributed by atoms with van der Waals surface area (Å²) in [5.41, 5.74) is 1.23. The van der Waals surface area contributed by atoms with Crippen molar-refractivity contribution in [2.24, 2.45) is 5.92 Å². The Morgan fingerprint density at radius 3 is 2.82 bits per heavy atom. The highest BCUT2D eigenvalue weighted by molar-refractivity contribution is 5.29. The molecule has 1 atom stereocenters. The van der Waals surface area contributed by atoms with Crippen LogP contribution in [-0.4, -0.2) is 23.4 Å². The summed E-state index contributed by atoms with van der Waals surface area (Å²) < 4.78 is 7.50. The first-order valence-corrected chi connectivity index (χ1v) is 6.64. The van der Waals surface area contributed by atoms with Gasteiger partial charge < -0.3 is 10.1 Å². The highest BCUT2D eigenvalue weighted by Gasteiger charge is 2.35. The number of hydrogen-bond donors (Lipinski definition) is 1. The van der Waals surface area contributed by atoms with Crippen LogP contribution >= 0.6 is 0 Å². The van der Waals surface area contributed by atoms with Crippen LogP contribution in [0.2, 0.25) is 0 Å². The Bertz CT molecular complexity index is 336. The maximum atomic E-state index is 5.44. The Hall–Kier alpha value is -1.03. The van der Waals surface area contributed by atoms with Crippen LogP contribution in [0.3, 0.4) is 0 Å². The van der Waals surface area contributed by atoms with Gasteiger partial charge in [0, 0.05) is 6.54 Å². The minimum absolute atomic E-state index is 0.410. The lowest BCUT2D eigenvalue weighted by molar-refractivity contribution is 0.379. The van der Waals surface area contributed by atoms with Crippen molar-refractivity contribution < 1.29 is 4.74 Å². The van der Waals surface area contributed by atoms with Crippen LogP contribution in [-0.2, 0) is 6.54 Å². The maximum absolute atomic E-state index is 5.44. The smallest absolute Gasteiger partial charge is 0.161 e. The van der Waals surface area contributed by atoms with Crippen molar-refractivity contribution in [3.05, 3.63) is 11.9 Å². The van der Waals surface area contributed by atoms with E-state index in [0.29, 0.717) is 6.04 Å². The van der Waals surface area contributed by atoms with E-state index in [0.717, 1.165) is 31.2 Å². The number of nitrogens with zero attached hydrogens (tertiary/aromatic N) is 2. The second kappa shape index (κ2) is 5.54. The molecule has 4 nitrogen and oxygen atoms in total. The quantitative estimate of drug-likeness (QED) is 0.791. The van der Waals surface area contributed by atoms with Crippen LogP contribution in [0.4, 0.5) is 0 Å². The van der Waals surface area contributed by atoms with E-state index < -0.39 is 0 Å². The molecule has 0 saturated heterocycles. The molecule has 1 aromatic rings. The lowest BCUT2D eigenvalue weighted by atomic mass is 10.1. The predicted molar refractivity (Wildman–Crippen MR) is 68.2 cm³/mol. The van der Waals surface area contributed by atoms with Gasteiger partial charge in [0.05, 0.1) is 25.0 Å². The highest BCUT2D eigenvalue weighted by Crippen LogP contribution is 2.43. The SMILES string of the molecule is CCCNC(c1c(OC)cnn1CC)C1CC1. The average molecular weight is 237 g/mol. The van der Waals surface area contributed by atoms with Gasteiger partial charge in [0.25, 0.3) is 0 Å². The summed E-state index contributed by atoms with van der Waals surface area (Å²) in [5.74, 6) is 1.69. The van der Waals surface area contributed by atoms with E-state index in [4.69, 9.17) is 4.74 Å². The third-order valence-corrected chi connectivity index (χ3v) is 3.37. The van der Waals surface area contributed by atoms with Gasteiger partial charge >= 0.3 is 0 Å². The average Bonchev–Trinajstić information content (AvgIpc) is 3.10. The number of ether oxygens (including phenoxy) is 1. The fourth-order valence-corrected chi connectivity index (χ4v) is 2.32. The number of nitrogens with one attached hydrogen (secondary N) is 1. The van der Waals surface area contributed by atoms with E-state index in [1.807, 2.05) is 6.20 Å². The molecule has 2 rings (SSSR count). The molecule has 1 unspecified atom stereocenters. The summed E-state index contributed by atoms with van der Waals surface area (Å²) >= 11 is 0. The van der Waals surface area contributed by atoms with Crippen LogP contribution in [0.25, 0.3) is 0 Å². The van der Waals surface area contributed by atoms with Gasteiger partial charge in [0.2, 0.25) is 0 Å². The first kappa shape index (κ1) is 12.4. The van der Waals surface area contributed by atoms with Crippen molar-refractivity contribution in [1.82, 2.24) is 15.1 Å². The van der Waals surface area contributed by atoms with Crippen molar-refractivity contribution in [1.29, 1.82) is 0 Å². The molecule has 0 radical (unpaired) electrons. The highest BCUT2D eigenvalue weighted by atomic mass is 16.5. The molecule has 0 aromatic carbocycles.